The van der Waals surface area contributed by atoms with Gasteiger partial charge in [0.2, 0.25) is 17.7 Å². The fraction of sp³-hybridized carbons (Fsp3) is 0.765. The summed E-state index contributed by atoms with van der Waals surface area (Å²) in [5, 5.41) is 11.0. The number of carbonyl (C=O) groups is 4. The lowest BCUT2D eigenvalue weighted by atomic mass is 10.1. The predicted octanol–water partition coefficient (Wildman–Crippen LogP) is -0.750. The second-order valence-corrected chi connectivity index (χ2v) is 7.86. The fourth-order valence-corrected chi connectivity index (χ4v) is 4.13. The van der Waals surface area contributed by atoms with E-state index < -0.39 is 36.5 Å². The molecule has 2 heterocycles. The van der Waals surface area contributed by atoms with Crippen molar-refractivity contribution in [3.63, 3.8) is 0 Å². The first-order valence-electron chi connectivity index (χ1n) is 9.21. The van der Waals surface area contributed by atoms with Crippen LogP contribution in [0.1, 0.15) is 32.1 Å². The van der Waals surface area contributed by atoms with E-state index in [1.54, 1.807) is 16.7 Å². The molecule has 0 aromatic rings. The van der Waals surface area contributed by atoms with Crippen LogP contribution in [0, 0.1) is 0 Å². The Morgan fingerprint density at radius 3 is 2.41 bits per heavy atom. The van der Waals surface area contributed by atoms with E-state index in [4.69, 9.17) is 10.8 Å². The number of hydrogen-bond donors (Lipinski definition) is 3. The Morgan fingerprint density at radius 2 is 1.78 bits per heavy atom. The van der Waals surface area contributed by atoms with Gasteiger partial charge >= 0.3 is 5.97 Å². The van der Waals surface area contributed by atoms with Crippen molar-refractivity contribution >= 4 is 35.5 Å². The highest BCUT2D eigenvalue weighted by Crippen LogP contribution is 2.25. The Kier molecular flexibility index (Phi) is 7.91. The Hall–Kier alpha value is -1.81. The largest absolute Gasteiger partial charge is 0.480 e. The molecule has 0 aromatic heterocycles. The van der Waals surface area contributed by atoms with Gasteiger partial charge in [-0.15, -0.1) is 0 Å². The number of hydrogen-bond acceptors (Lipinski definition) is 6. The van der Waals surface area contributed by atoms with Crippen LogP contribution in [0.3, 0.4) is 0 Å². The third kappa shape index (κ3) is 5.35. The average Bonchev–Trinajstić information content (AvgIpc) is 3.32. The molecule has 3 atom stereocenters. The summed E-state index contributed by atoms with van der Waals surface area (Å²) in [5.41, 5.74) is 5.99. The molecule has 2 aliphatic rings. The number of nitrogens with two attached hydrogens (primary N) is 1. The molecular weight excluding hydrogens is 372 g/mol. The van der Waals surface area contributed by atoms with Crippen molar-refractivity contribution in [1.82, 2.24) is 15.1 Å². The average molecular weight is 401 g/mol. The van der Waals surface area contributed by atoms with Gasteiger partial charge in [0, 0.05) is 13.1 Å². The molecular formula is C17H28N4O5S. The lowest BCUT2D eigenvalue weighted by molar-refractivity contribution is -0.147. The summed E-state index contributed by atoms with van der Waals surface area (Å²) in [6.07, 6.45) is 4.94. The molecule has 27 heavy (non-hydrogen) atoms. The van der Waals surface area contributed by atoms with Crippen LogP contribution in [0.25, 0.3) is 0 Å². The number of carbonyl (C=O) groups excluding carboxylic acids is 3. The summed E-state index contributed by atoms with van der Waals surface area (Å²) in [5.74, 6) is -1.28. The van der Waals surface area contributed by atoms with Crippen LogP contribution < -0.4 is 11.1 Å². The van der Waals surface area contributed by atoms with E-state index in [1.807, 2.05) is 6.26 Å². The smallest absolute Gasteiger partial charge is 0.322 e. The number of nitrogens with one attached hydrogen (secondary N) is 1. The second-order valence-electron chi connectivity index (χ2n) is 6.88. The van der Waals surface area contributed by atoms with Gasteiger partial charge in [0.25, 0.3) is 0 Å². The van der Waals surface area contributed by atoms with Gasteiger partial charge in [-0.3, -0.25) is 19.2 Å². The summed E-state index contributed by atoms with van der Waals surface area (Å²) < 4.78 is 0. The van der Waals surface area contributed by atoms with Crippen LogP contribution in [-0.2, 0) is 19.2 Å². The fourth-order valence-electron chi connectivity index (χ4n) is 3.64. The maximum atomic E-state index is 13.0. The minimum absolute atomic E-state index is 0.217. The molecule has 0 bridgehead atoms. The van der Waals surface area contributed by atoms with Gasteiger partial charge in [-0.1, -0.05) is 0 Å². The SMILES string of the molecule is CSCCC(N)C(=O)N1CCCC1C(=O)N1CCCC1C(=O)NCC(=O)O. The summed E-state index contributed by atoms with van der Waals surface area (Å²) in [4.78, 5) is 51.6. The molecule has 3 amide bonds. The third-order valence-electron chi connectivity index (χ3n) is 5.02. The number of nitrogens with zero attached hydrogens (tertiary/aromatic N) is 2. The summed E-state index contributed by atoms with van der Waals surface area (Å²) in [6.45, 7) is 0.447. The molecule has 0 saturated carbocycles. The highest BCUT2D eigenvalue weighted by atomic mass is 32.2. The Balaban J connectivity index is 2.02. The maximum absolute atomic E-state index is 13.0. The zero-order valence-electron chi connectivity index (χ0n) is 15.6. The molecule has 2 rings (SSSR count). The van der Waals surface area contributed by atoms with Crippen LogP contribution in [-0.4, -0.2) is 88.4 Å². The van der Waals surface area contributed by atoms with Gasteiger partial charge in [0.15, 0.2) is 0 Å². The lowest BCUT2D eigenvalue weighted by Crippen LogP contribution is -2.55. The van der Waals surface area contributed by atoms with Crippen LogP contribution >= 0.6 is 11.8 Å². The second kappa shape index (κ2) is 9.93. The molecule has 3 unspecified atom stereocenters. The number of carboxylic acids is 1. The number of rotatable bonds is 8. The molecule has 9 nitrogen and oxygen atoms in total. The van der Waals surface area contributed by atoms with Crippen molar-refractivity contribution < 1.29 is 24.3 Å². The highest BCUT2D eigenvalue weighted by Gasteiger charge is 2.42. The number of amides is 3. The first-order valence-corrected chi connectivity index (χ1v) is 10.6. The van der Waals surface area contributed by atoms with Crippen LogP contribution in [0.2, 0.25) is 0 Å². The minimum Gasteiger partial charge on any atom is -0.480 e. The normalized spacial score (nSPS) is 23.3. The third-order valence-corrected chi connectivity index (χ3v) is 5.67. The minimum atomic E-state index is -1.13. The number of aliphatic carboxylic acids is 1. The Morgan fingerprint density at radius 1 is 1.15 bits per heavy atom. The van der Waals surface area contributed by atoms with E-state index in [0.29, 0.717) is 38.8 Å². The van der Waals surface area contributed by atoms with E-state index in [9.17, 15) is 19.2 Å². The molecule has 0 aromatic carbocycles. The van der Waals surface area contributed by atoms with Crippen molar-refractivity contribution in [2.24, 2.45) is 5.73 Å². The van der Waals surface area contributed by atoms with E-state index >= 15 is 0 Å². The van der Waals surface area contributed by atoms with Crippen LogP contribution in [0.4, 0.5) is 0 Å². The highest BCUT2D eigenvalue weighted by molar-refractivity contribution is 7.98. The molecule has 10 heteroatoms. The standard InChI is InChI=1S/C17H28N4O5S/c1-27-9-6-11(18)16(25)21-8-3-5-13(21)17(26)20-7-2-4-12(20)15(24)19-10-14(22)23/h11-13H,2-10,18H2,1H3,(H,19,24)(H,22,23). The quantitative estimate of drug-likeness (QED) is 0.488. The zero-order valence-corrected chi connectivity index (χ0v) is 16.4. The summed E-state index contributed by atoms with van der Waals surface area (Å²) in [6, 6.07) is -1.90. The Labute approximate surface area is 163 Å². The monoisotopic (exact) mass is 400 g/mol. The topological polar surface area (TPSA) is 133 Å². The van der Waals surface area contributed by atoms with Crippen LogP contribution in [0.15, 0.2) is 0 Å². The van der Waals surface area contributed by atoms with Gasteiger partial charge in [-0.05, 0) is 44.1 Å². The summed E-state index contributed by atoms with van der Waals surface area (Å²) >= 11 is 1.62. The maximum Gasteiger partial charge on any atom is 0.322 e. The van der Waals surface area contributed by atoms with Gasteiger partial charge in [0.05, 0.1) is 6.04 Å². The predicted molar refractivity (Wildman–Crippen MR) is 101 cm³/mol. The molecule has 2 fully saturated rings. The molecule has 0 aliphatic carbocycles. The van der Waals surface area contributed by atoms with Crippen molar-refractivity contribution in [2.75, 3.05) is 31.6 Å². The summed E-state index contributed by atoms with van der Waals surface area (Å²) in [7, 11) is 0. The first-order chi connectivity index (χ1) is 12.9. The lowest BCUT2D eigenvalue weighted by Gasteiger charge is -2.32. The van der Waals surface area contributed by atoms with Crippen molar-refractivity contribution in [3.8, 4) is 0 Å². The van der Waals surface area contributed by atoms with Gasteiger partial charge in [-0.25, -0.2) is 0 Å². The van der Waals surface area contributed by atoms with E-state index in [-0.39, 0.29) is 11.8 Å². The molecule has 2 saturated heterocycles. The van der Waals surface area contributed by atoms with Gasteiger partial charge in [0.1, 0.15) is 18.6 Å². The molecule has 0 spiro atoms. The molecule has 2 aliphatic heterocycles. The van der Waals surface area contributed by atoms with Crippen molar-refractivity contribution in [3.05, 3.63) is 0 Å². The van der Waals surface area contributed by atoms with Crippen molar-refractivity contribution in [2.45, 2.75) is 50.2 Å². The van der Waals surface area contributed by atoms with E-state index in [0.717, 1.165) is 12.2 Å². The van der Waals surface area contributed by atoms with Crippen LogP contribution in [0.5, 0.6) is 0 Å². The van der Waals surface area contributed by atoms with Gasteiger partial charge in [-0.2, -0.15) is 11.8 Å². The van der Waals surface area contributed by atoms with Crippen molar-refractivity contribution in [1.29, 1.82) is 0 Å². The Bertz CT molecular complexity index is 588. The number of thioether (sulfide) groups is 1. The number of likely N-dealkylation sites (tertiary alicyclic amines) is 2. The number of carboxylic acid groups (broad SMARTS) is 1. The molecule has 0 radical (unpaired) electrons. The first kappa shape index (κ1) is 21.5. The van der Waals surface area contributed by atoms with E-state index in [1.165, 1.54) is 4.90 Å². The molecule has 4 N–H and O–H groups in total. The van der Waals surface area contributed by atoms with Gasteiger partial charge < -0.3 is 26.0 Å². The zero-order chi connectivity index (χ0) is 20.0. The van der Waals surface area contributed by atoms with E-state index in [2.05, 4.69) is 5.32 Å². The molecule has 152 valence electrons.